The van der Waals surface area contributed by atoms with Crippen LogP contribution in [-0.2, 0) is 11.2 Å². The summed E-state index contributed by atoms with van der Waals surface area (Å²) in [4.78, 5) is 17.2. The van der Waals surface area contributed by atoms with Gasteiger partial charge in [0.1, 0.15) is 5.75 Å². The molecule has 0 spiro atoms. The van der Waals surface area contributed by atoms with Gasteiger partial charge in [0.25, 0.3) is 0 Å². The predicted octanol–water partition coefficient (Wildman–Crippen LogP) is 3.12. The van der Waals surface area contributed by atoms with E-state index in [0.717, 1.165) is 23.9 Å². The third kappa shape index (κ3) is 3.27. The number of hydrogen-bond acceptors (Lipinski definition) is 3. The molecule has 1 aromatic carbocycles. The van der Waals surface area contributed by atoms with Gasteiger partial charge in [0.15, 0.2) is 0 Å². The topological polar surface area (TPSA) is 45.3 Å². The summed E-state index contributed by atoms with van der Waals surface area (Å²) in [5.41, 5.74) is 2.40. The molecule has 0 aliphatic carbocycles. The molecule has 1 aromatic heterocycles. The minimum Gasteiger partial charge on any atom is -0.427 e. The van der Waals surface area contributed by atoms with Crippen LogP contribution in [0.3, 0.4) is 0 Å². The Hall–Kier alpha value is -1.81. The molecule has 2 aromatic rings. The Kier molecular flexibility index (Phi) is 4.25. The molecule has 21 heavy (non-hydrogen) atoms. The van der Waals surface area contributed by atoms with Crippen molar-refractivity contribution in [1.82, 2.24) is 9.88 Å². The number of aromatic nitrogens is 1. The van der Waals surface area contributed by atoms with Crippen molar-refractivity contribution in [1.29, 1.82) is 0 Å². The van der Waals surface area contributed by atoms with Crippen molar-refractivity contribution in [2.24, 2.45) is 0 Å². The van der Waals surface area contributed by atoms with Crippen molar-refractivity contribution in [3.05, 3.63) is 30.0 Å². The number of carbonyl (C=O) groups is 1. The first-order valence-corrected chi connectivity index (χ1v) is 7.79. The fourth-order valence-electron chi connectivity index (χ4n) is 2.92. The normalized spacial score (nSPS) is 15.7. The molecule has 4 heteroatoms. The maximum absolute atomic E-state index is 11.4. The summed E-state index contributed by atoms with van der Waals surface area (Å²) < 4.78 is 5.31. The van der Waals surface area contributed by atoms with Crippen LogP contribution in [0.5, 0.6) is 5.75 Å². The number of aromatic amines is 1. The molecule has 4 nitrogen and oxygen atoms in total. The molecule has 0 unspecified atom stereocenters. The zero-order chi connectivity index (χ0) is 14.7. The average Bonchev–Trinajstić information content (AvgIpc) is 3.14. The molecule has 0 amide bonds. The van der Waals surface area contributed by atoms with Gasteiger partial charge in [-0.25, -0.2) is 0 Å². The van der Waals surface area contributed by atoms with E-state index in [1.54, 1.807) is 6.92 Å². The number of benzene rings is 1. The number of nitrogens with one attached hydrogen (secondary N) is 1. The summed E-state index contributed by atoms with van der Waals surface area (Å²) in [6.45, 7) is 5.36. The van der Waals surface area contributed by atoms with Crippen LogP contribution in [0, 0.1) is 0 Å². The van der Waals surface area contributed by atoms with Crippen LogP contribution in [0.15, 0.2) is 24.4 Å². The summed E-state index contributed by atoms with van der Waals surface area (Å²) in [5.74, 6) is 0.444. The van der Waals surface area contributed by atoms with Crippen LogP contribution < -0.4 is 4.74 Å². The molecule has 0 atom stereocenters. The van der Waals surface area contributed by atoms with E-state index in [-0.39, 0.29) is 5.97 Å². The zero-order valence-corrected chi connectivity index (χ0v) is 12.5. The number of ether oxygens (including phenoxy) is 1. The lowest BCUT2D eigenvalue weighted by Gasteiger charge is -2.13. The number of hydrogen-bond donors (Lipinski definition) is 1. The Balaban J connectivity index is 1.75. The van der Waals surface area contributed by atoms with Gasteiger partial charge in [-0.2, -0.15) is 0 Å². The number of likely N-dealkylation sites (tertiary alicyclic amines) is 1. The fourth-order valence-corrected chi connectivity index (χ4v) is 2.92. The molecule has 3 rings (SSSR count). The molecule has 1 aliphatic heterocycles. The number of fused-ring (bicyclic) bond motifs is 1. The van der Waals surface area contributed by atoms with Gasteiger partial charge in [0.05, 0.1) is 0 Å². The number of H-pyrrole nitrogens is 1. The Morgan fingerprint density at radius 3 is 2.90 bits per heavy atom. The first-order chi connectivity index (χ1) is 10.3. The van der Waals surface area contributed by atoms with E-state index in [1.807, 2.05) is 18.2 Å². The fraction of sp³-hybridized carbons (Fsp3) is 0.471. The molecule has 0 radical (unpaired) electrons. The van der Waals surface area contributed by atoms with Crippen molar-refractivity contribution in [2.75, 3.05) is 19.6 Å². The SMILES string of the molecule is CCC(=O)Oc1ccc2[nH]cc(CCN3CCCC3)c2c1. The van der Waals surface area contributed by atoms with Gasteiger partial charge in [0.2, 0.25) is 0 Å². The Morgan fingerprint density at radius 2 is 2.14 bits per heavy atom. The summed E-state index contributed by atoms with van der Waals surface area (Å²) >= 11 is 0. The summed E-state index contributed by atoms with van der Waals surface area (Å²) in [7, 11) is 0. The molecule has 1 saturated heterocycles. The molecule has 0 saturated carbocycles. The van der Waals surface area contributed by atoms with Gasteiger partial charge in [-0.3, -0.25) is 4.79 Å². The quantitative estimate of drug-likeness (QED) is 0.678. The van der Waals surface area contributed by atoms with Crippen molar-refractivity contribution < 1.29 is 9.53 Å². The standard InChI is InChI=1S/C17H22N2O2/c1-2-17(20)21-14-5-6-16-15(11-14)13(12-18-16)7-10-19-8-3-4-9-19/h5-6,11-12,18H,2-4,7-10H2,1H3. The van der Waals surface area contributed by atoms with Crippen LogP contribution >= 0.6 is 0 Å². The monoisotopic (exact) mass is 286 g/mol. The van der Waals surface area contributed by atoms with E-state index in [9.17, 15) is 4.79 Å². The van der Waals surface area contributed by atoms with E-state index < -0.39 is 0 Å². The van der Waals surface area contributed by atoms with Crippen LogP contribution in [-0.4, -0.2) is 35.5 Å². The lowest BCUT2D eigenvalue weighted by molar-refractivity contribution is -0.134. The maximum atomic E-state index is 11.4. The smallest absolute Gasteiger partial charge is 0.310 e. The van der Waals surface area contributed by atoms with E-state index in [4.69, 9.17) is 4.74 Å². The highest BCUT2D eigenvalue weighted by molar-refractivity contribution is 5.85. The van der Waals surface area contributed by atoms with E-state index >= 15 is 0 Å². The van der Waals surface area contributed by atoms with Gasteiger partial charge >= 0.3 is 5.97 Å². The second-order valence-corrected chi connectivity index (χ2v) is 5.65. The highest BCUT2D eigenvalue weighted by atomic mass is 16.5. The van der Waals surface area contributed by atoms with Crippen LogP contribution in [0.25, 0.3) is 10.9 Å². The Labute approximate surface area is 125 Å². The van der Waals surface area contributed by atoms with E-state index in [0.29, 0.717) is 12.2 Å². The van der Waals surface area contributed by atoms with Crippen molar-refractivity contribution in [3.63, 3.8) is 0 Å². The number of nitrogens with zero attached hydrogens (tertiary/aromatic N) is 1. The lowest BCUT2D eigenvalue weighted by Crippen LogP contribution is -2.21. The summed E-state index contributed by atoms with van der Waals surface area (Å²) in [5, 5.41) is 1.16. The second-order valence-electron chi connectivity index (χ2n) is 5.65. The molecule has 1 N–H and O–H groups in total. The van der Waals surface area contributed by atoms with Crippen molar-refractivity contribution >= 4 is 16.9 Å². The molecular weight excluding hydrogens is 264 g/mol. The number of rotatable bonds is 5. The average molecular weight is 286 g/mol. The molecule has 1 fully saturated rings. The first kappa shape index (κ1) is 14.1. The van der Waals surface area contributed by atoms with Gasteiger partial charge in [-0.15, -0.1) is 0 Å². The van der Waals surface area contributed by atoms with Gasteiger partial charge < -0.3 is 14.6 Å². The molecule has 1 aliphatic rings. The first-order valence-electron chi connectivity index (χ1n) is 7.79. The molecular formula is C17H22N2O2. The predicted molar refractivity (Wildman–Crippen MR) is 83.6 cm³/mol. The van der Waals surface area contributed by atoms with E-state index in [2.05, 4.69) is 16.1 Å². The van der Waals surface area contributed by atoms with E-state index in [1.165, 1.54) is 31.5 Å². The Bertz CT molecular complexity index is 627. The molecule has 2 heterocycles. The highest BCUT2D eigenvalue weighted by Crippen LogP contribution is 2.25. The van der Waals surface area contributed by atoms with Gasteiger partial charge in [-0.05, 0) is 56.1 Å². The van der Waals surface area contributed by atoms with Crippen molar-refractivity contribution in [3.8, 4) is 5.75 Å². The third-order valence-corrected chi connectivity index (χ3v) is 4.16. The van der Waals surface area contributed by atoms with Gasteiger partial charge in [-0.1, -0.05) is 6.92 Å². The van der Waals surface area contributed by atoms with Crippen LogP contribution in [0.4, 0.5) is 0 Å². The van der Waals surface area contributed by atoms with Gasteiger partial charge in [0, 0.05) is 30.1 Å². The zero-order valence-electron chi connectivity index (χ0n) is 12.5. The van der Waals surface area contributed by atoms with Crippen molar-refractivity contribution in [2.45, 2.75) is 32.6 Å². The van der Waals surface area contributed by atoms with Crippen LogP contribution in [0.2, 0.25) is 0 Å². The van der Waals surface area contributed by atoms with Crippen LogP contribution in [0.1, 0.15) is 31.7 Å². The largest absolute Gasteiger partial charge is 0.427 e. The summed E-state index contributed by atoms with van der Waals surface area (Å²) in [6.07, 6.45) is 6.15. The number of esters is 1. The molecule has 0 bridgehead atoms. The minimum absolute atomic E-state index is 0.191. The second kappa shape index (κ2) is 6.31. The third-order valence-electron chi connectivity index (χ3n) is 4.16. The highest BCUT2D eigenvalue weighted by Gasteiger charge is 2.13. The maximum Gasteiger partial charge on any atom is 0.310 e. The lowest BCUT2D eigenvalue weighted by atomic mass is 10.1. The molecule has 112 valence electrons. The Morgan fingerprint density at radius 1 is 1.33 bits per heavy atom. The number of carbonyl (C=O) groups excluding carboxylic acids is 1. The summed E-state index contributed by atoms with van der Waals surface area (Å²) in [6, 6.07) is 5.79. The minimum atomic E-state index is -0.191.